The first-order valence-electron chi connectivity index (χ1n) is 4.18. The summed E-state index contributed by atoms with van der Waals surface area (Å²) in [5, 5.41) is 0. The molecule has 63 valence electrons. The maximum absolute atomic E-state index is 3.75. The second kappa shape index (κ2) is 3.57. The molecule has 0 aliphatic rings. The van der Waals surface area contributed by atoms with E-state index in [1.807, 2.05) is 6.08 Å². The molecule has 0 saturated carbocycles. The Balaban J connectivity index is 3.04. The lowest BCUT2D eigenvalue weighted by molar-refractivity contribution is 1.22. The lowest BCUT2D eigenvalue weighted by Crippen LogP contribution is -1.91. The Kier molecular flexibility index (Phi) is 2.69. The molecule has 0 aliphatic heterocycles. The number of hydrogen-bond acceptors (Lipinski definition) is 0. The number of benzene rings is 1. The summed E-state index contributed by atoms with van der Waals surface area (Å²) in [7, 11) is 0. The number of allylic oxidation sites excluding steroid dienone is 1. The van der Waals surface area contributed by atoms with Crippen molar-refractivity contribution in [3.05, 3.63) is 53.5 Å². The Morgan fingerprint density at radius 1 is 1.25 bits per heavy atom. The lowest BCUT2D eigenvalue weighted by Gasteiger charge is -2.07. The quantitative estimate of drug-likeness (QED) is 0.620. The molecule has 0 aliphatic carbocycles. The highest BCUT2D eigenvalue weighted by atomic mass is 14.1. The molecule has 0 bridgehead atoms. The van der Waals surface area contributed by atoms with Gasteiger partial charge in [0, 0.05) is 5.92 Å². The molecule has 0 spiro atoms. The SMILES string of the molecule is C=C[C](C)c1ccc(C)c(C)c1. The van der Waals surface area contributed by atoms with Gasteiger partial charge in [0.05, 0.1) is 0 Å². The fraction of sp³-hybridized carbons (Fsp3) is 0.250. The van der Waals surface area contributed by atoms with Gasteiger partial charge in [0.1, 0.15) is 0 Å². The summed E-state index contributed by atoms with van der Waals surface area (Å²) in [6.45, 7) is 10.1. The number of hydrogen-bond donors (Lipinski definition) is 0. The largest absolute Gasteiger partial charge is 0.102 e. The van der Waals surface area contributed by atoms with E-state index >= 15 is 0 Å². The van der Waals surface area contributed by atoms with Crippen LogP contribution in [0.1, 0.15) is 23.6 Å². The van der Waals surface area contributed by atoms with Gasteiger partial charge in [-0.25, -0.2) is 0 Å². The molecule has 0 aromatic heterocycles. The molecule has 1 rings (SSSR count). The van der Waals surface area contributed by atoms with Crippen molar-refractivity contribution in [2.75, 3.05) is 0 Å². The molecule has 0 amide bonds. The zero-order valence-electron chi connectivity index (χ0n) is 8.02. The molecule has 0 N–H and O–H groups in total. The van der Waals surface area contributed by atoms with Crippen molar-refractivity contribution in [1.82, 2.24) is 0 Å². The fourth-order valence-electron chi connectivity index (χ4n) is 1.10. The Morgan fingerprint density at radius 3 is 2.42 bits per heavy atom. The summed E-state index contributed by atoms with van der Waals surface area (Å²) in [6.07, 6.45) is 1.89. The first-order chi connectivity index (χ1) is 5.65. The van der Waals surface area contributed by atoms with Gasteiger partial charge in [-0.3, -0.25) is 0 Å². The molecule has 1 radical (unpaired) electrons. The molecule has 12 heavy (non-hydrogen) atoms. The van der Waals surface area contributed by atoms with Crippen molar-refractivity contribution in [2.45, 2.75) is 20.8 Å². The Hall–Kier alpha value is -1.04. The molecule has 0 unspecified atom stereocenters. The smallest absolute Gasteiger partial charge is 0.0230 e. The van der Waals surface area contributed by atoms with E-state index in [4.69, 9.17) is 0 Å². The maximum Gasteiger partial charge on any atom is 0.0230 e. The van der Waals surface area contributed by atoms with Gasteiger partial charge in [-0.2, -0.15) is 0 Å². The minimum absolute atomic E-state index is 1.23. The van der Waals surface area contributed by atoms with Crippen LogP contribution in [-0.2, 0) is 0 Å². The summed E-state index contributed by atoms with van der Waals surface area (Å²) >= 11 is 0. The van der Waals surface area contributed by atoms with Gasteiger partial charge in [-0.05, 0) is 30.5 Å². The third-order valence-electron chi connectivity index (χ3n) is 2.27. The van der Waals surface area contributed by atoms with Crippen molar-refractivity contribution in [2.24, 2.45) is 0 Å². The molecule has 0 heteroatoms. The van der Waals surface area contributed by atoms with Gasteiger partial charge >= 0.3 is 0 Å². The maximum atomic E-state index is 3.75. The van der Waals surface area contributed by atoms with Crippen LogP contribution in [0.5, 0.6) is 0 Å². The molecule has 0 atom stereocenters. The van der Waals surface area contributed by atoms with Gasteiger partial charge in [0.2, 0.25) is 0 Å². The predicted molar refractivity (Wildman–Crippen MR) is 54.1 cm³/mol. The molecule has 0 fully saturated rings. The monoisotopic (exact) mass is 159 g/mol. The molecule has 0 nitrogen and oxygen atoms in total. The summed E-state index contributed by atoms with van der Waals surface area (Å²) in [5.74, 6) is 1.23. The van der Waals surface area contributed by atoms with Crippen LogP contribution in [0.3, 0.4) is 0 Å². The van der Waals surface area contributed by atoms with E-state index in [0.29, 0.717) is 0 Å². The average molecular weight is 159 g/mol. The highest BCUT2D eigenvalue weighted by Gasteiger charge is 2.01. The van der Waals surface area contributed by atoms with Gasteiger partial charge < -0.3 is 0 Å². The molecule has 1 aromatic rings. The first kappa shape index (κ1) is 9.05. The average Bonchev–Trinajstić information content (AvgIpc) is 2.08. The van der Waals surface area contributed by atoms with Crippen molar-refractivity contribution < 1.29 is 0 Å². The lowest BCUT2D eigenvalue weighted by atomic mass is 9.97. The number of aryl methyl sites for hydroxylation is 2. The van der Waals surface area contributed by atoms with E-state index in [2.05, 4.69) is 45.5 Å². The highest BCUT2D eigenvalue weighted by molar-refractivity contribution is 5.40. The number of rotatable bonds is 2. The summed E-state index contributed by atoms with van der Waals surface area (Å²) in [6, 6.07) is 6.49. The Labute approximate surface area is 74.9 Å². The van der Waals surface area contributed by atoms with Crippen LogP contribution in [0.2, 0.25) is 0 Å². The topological polar surface area (TPSA) is 0 Å². The van der Waals surface area contributed by atoms with E-state index in [1.54, 1.807) is 0 Å². The van der Waals surface area contributed by atoms with E-state index in [9.17, 15) is 0 Å². The Morgan fingerprint density at radius 2 is 1.92 bits per heavy atom. The minimum Gasteiger partial charge on any atom is -0.102 e. The first-order valence-corrected chi connectivity index (χ1v) is 4.18. The van der Waals surface area contributed by atoms with Crippen molar-refractivity contribution in [3.8, 4) is 0 Å². The van der Waals surface area contributed by atoms with Crippen LogP contribution < -0.4 is 0 Å². The fourth-order valence-corrected chi connectivity index (χ4v) is 1.10. The van der Waals surface area contributed by atoms with Gasteiger partial charge in [-0.1, -0.05) is 31.2 Å². The second-order valence-electron chi connectivity index (χ2n) is 3.19. The second-order valence-corrected chi connectivity index (χ2v) is 3.19. The van der Waals surface area contributed by atoms with Crippen molar-refractivity contribution >= 4 is 0 Å². The van der Waals surface area contributed by atoms with E-state index in [0.717, 1.165) is 0 Å². The normalized spacial score (nSPS) is 10.3. The summed E-state index contributed by atoms with van der Waals surface area (Å²) in [5.41, 5.74) is 3.96. The molecule has 0 heterocycles. The van der Waals surface area contributed by atoms with Crippen LogP contribution in [0, 0.1) is 19.8 Å². The third kappa shape index (κ3) is 1.76. The van der Waals surface area contributed by atoms with Crippen molar-refractivity contribution in [1.29, 1.82) is 0 Å². The molecule has 1 aromatic carbocycles. The van der Waals surface area contributed by atoms with Crippen LogP contribution in [0.15, 0.2) is 30.9 Å². The Bertz CT molecular complexity index is 284. The minimum atomic E-state index is 1.23. The van der Waals surface area contributed by atoms with Gasteiger partial charge in [0.15, 0.2) is 0 Å². The van der Waals surface area contributed by atoms with Crippen LogP contribution >= 0.6 is 0 Å². The van der Waals surface area contributed by atoms with Crippen LogP contribution in [-0.4, -0.2) is 0 Å². The van der Waals surface area contributed by atoms with Gasteiger partial charge in [0.25, 0.3) is 0 Å². The standard InChI is InChI=1S/C12H15/c1-5-9(2)12-7-6-10(3)11(4)8-12/h5-8H,1H2,2-4H3. The third-order valence-corrected chi connectivity index (χ3v) is 2.27. The zero-order chi connectivity index (χ0) is 9.14. The highest BCUT2D eigenvalue weighted by Crippen LogP contribution is 2.18. The van der Waals surface area contributed by atoms with E-state index in [-0.39, 0.29) is 0 Å². The summed E-state index contributed by atoms with van der Waals surface area (Å²) in [4.78, 5) is 0. The molecular weight excluding hydrogens is 144 g/mol. The van der Waals surface area contributed by atoms with Crippen molar-refractivity contribution in [3.63, 3.8) is 0 Å². The van der Waals surface area contributed by atoms with Crippen LogP contribution in [0.25, 0.3) is 0 Å². The zero-order valence-corrected chi connectivity index (χ0v) is 8.02. The van der Waals surface area contributed by atoms with E-state index < -0.39 is 0 Å². The predicted octanol–water partition coefficient (Wildman–Crippen LogP) is 3.43. The molecule has 0 saturated heterocycles. The van der Waals surface area contributed by atoms with Crippen LogP contribution in [0.4, 0.5) is 0 Å². The van der Waals surface area contributed by atoms with E-state index in [1.165, 1.54) is 22.6 Å². The molecular formula is C12H15. The van der Waals surface area contributed by atoms with Gasteiger partial charge in [-0.15, -0.1) is 6.58 Å². The summed E-state index contributed by atoms with van der Waals surface area (Å²) < 4.78 is 0.